The molecule has 2 aromatic rings. The highest BCUT2D eigenvalue weighted by molar-refractivity contribution is 5.82. The van der Waals surface area contributed by atoms with Crippen molar-refractivity contribution >= 4 is 18.0 Å². The maximum atomic E-state index is 10.7. The second-order valence-corrected chi connectivity index (χ2v) is 9.25. The lowest BCUT2D eigenvalue weighted by molar-refractivity contribution is -0.352. The lowest BCUT2D eigenvalue weighted by Crippen LogP contribution is -2.65. The van der Waals surface area contributed by atoms with Gasteiger partial charge >= 0.3 is 0 Å². The van der Waals surface area contributed by atoms with Gasteiger partial charge in [0.15, 0.2) is 6.29 Å². The Balaban J connectivity index is 1.38. The number of rotatable bonds is 9. The molecule has 2 fully saturated rings. The normalized spacial score (nSPS) is 35.2. The van der Waals surface area contributed by atoms with Crippen LogP contribution in [0.15, 0.2) is 60.1 Å². The minimum atomic E-state index is -1.74. The molecule has 12 nitrogen and oxygen atoms in total. The van der Waals surface area contributed by atoms with Crippen molar-refractivity contribution in [1.82, 2.24) is 0 Å². The molecular formula is C27H33NO11. The molecule has 0 spiro atoms. The maximum absolute atomic E-state index is 10.7. The highest BCUT2D eigenvalue weighted by Gasteiger charge is 2.51. The van der Waals surface area contributed by atoms with Gasteiger partial charge in [-0.1, -0.05) is 36.9 Å². The third kappa shape index (κ3) is 6.70. The van der Waals surface area contributed by atoms with E-state index in [1.165, 1.54) is 0 Å². The van der Waals surface area contributed by atoms with E-state index in [2.05, 4.69) is 11.6 Å². The summed E-state index contributed by atoms with van der Waals surface area (Å²) in [7, 11) is 0. The van der Waals surface area contributed by atoms with Gasteiger partial charge in [-0.3, -0.25) is 4.99 Å². The molecule has 0 aromatic heterocycles. The topological polar surface area (TPSA) is 191 Å². The highest BCUT2D eigenvalue weighted by atomic mass is 16.7. The summed E-state index contributed by atoms with van der Waals surface area (Å²) in [4.78, 5) is 4.41. The largest absolute Gasteiger partial charge is 0.462 e. The summed E-state index contributed by atoms with van der Waals surface area (Å²) < 4.78 is 22.2. The van der Waals surface area contributed by atoms with Crippen molar-refractivity contribution in [2.24, 2.45) is 4.99 Å². The van der Waals surface area contributed by atoms with Crippen LogP contribution in [0.5, 0.6) is 5.75 Å². The lowest BCUT2D eigenvalue weighted by atomic mass is 9.97. The fourth-order valence-electron chi connectivity index (χ4n) is 4.26. The molecule has 2 aromatic carbocycles. The summed E-state index contributed by atoms with van der Waals surface area (Å²) in [6.07, 6.45) is -11.8. The van der Waals surface area contributed by atoms with E-state index in [1.807, 2.05) is 24.3 Å². The fraction of sp³-hybridized carbons (Fsp3) is 0.444. The summed E-state index contributed by atoms with van der Waals surface area (Å²) in [6, 6.07) is 14.2. The lowest BCUT2D eigenvalue weighted by Gasteiger charge is -2.45. The van der Waals surface area contributed by atoms with Crippen LogP contribution >= 0.6 is 0 Å². The molecule has 212 valence electrons. The molecule has 6 unspecified atom stereocenters. The number of aliphatic hydroxyl groups is 7. The predicted octanol–water partition coefficient (Wildman–Crippen LogP) is -0.917. The van der Waals surface area contributed by atoms with Crippen LogP contribution in [0.4, 0.5) is 5.69 Å². The standard InChI is InChI=1S/C27H33NO11/c1-2-14-3-5-15(6-4-14)11-28-16-7-9-17(10-8-16)36-26-24(35)22(33)25(19(13-30)38-26)39-27-23(34)21(32)20(31)18(12-29)37-27/h2-11,18-27,29-35H,1,12-13H2/b28-11+/t18?,19?,20-,21?,22?,23?,24?,25-,26-,27-/m1/s1. The summed E-state index contributed by atoms with van der Waals surface area (Å²) >= 11 is 0. The van der Waals surface area contributed by atoms with Crippen molar-refractivity contribution in [1.29, 1.82) is 0 Å². The van der Waals surface area contributed by atoms with Gasteiger partial charge in [0.25, 0.3) is 0 Å². The Kier molecular flexibility index (Phi) is 9.80. The second-order valence-electron chi connectivity index (χ2n) is 9.25. The van der Waals surface area contributed by atoms with Gasteiger partial charge in [0.2, 0.25) is 6.29 Å². The number of ether oxygens (including phenoxy) is 4. The van der Waals surface area contributed by atoms with Crippen LogP contribution in [-0.2, 0) is 14.2 Å². The zero-order valence-corrected chi connectivity index (χ0v) is 20.9. The van der Waals surface area contributed by atoms with Gasteiger partial charge in [0, 0.05) is 6.21 Å². The second kappa shape index (κ2) is 13.1. The first kappa shape index (κ1) is 29.2. The van der Waals surface area contributed by atoms with Gasteiger partial charge in [-0.2, -0.15) is 0 Å². The number of aliphatic hydroxyl groups excluding tert-OH is 7. The molecule has 0 bridgehead atoms. The van der Waals surface area contributed by atoms with Crippen LogP contribution in [0.2, 0.25) is 0 Å². The molecule has 0 radical (unpaired) electrons. The molecule has 7 N–H and O–H groups in total. The van der Waals surface area contributed by atoms with Crippen LogP contribution in [0.25, 0.3) is 6.08 Å². The number of benzene rings is 2. The Bertz CT molecular complexity index is 1090. The van der Waals surface area contributed by atoms with Crippen LogP contribution in [0, 0.1) is 0 Å². The van der Waals surface area contributed by atoms with Gasteiger partial charge < -0.3 is 54.7 Å². The average molecular weight is 548 g/mol. The van der Waals surface area contributed by atoms with Gasteiger partial charge in [-0.05, 0) is 35.4 Å². The fourth-order valence-corrected chi connectivity index (χ4v) is 4.26. The van der Waals surface area contributed by atoms with E-state index in [4.69, 9.17) is 18.9 Å². The number of hydrogen-bond donors (Lipinski definition) is 7. The van der Waals surface area contributed by atoms with Crippen LogP contribution in [0.1, 0.15) is 11.1 Å². The summed E-state index contributed by atoms with van der Waals surface area (Å²) in [5.74, 6) is 0.297. The van der Waals surface area contributed by atoms with E-state index in [-0.39, 0.29) is 0 Å². The summed E-state index contributed by atoms with van der Waals surface area (Å²) in [5, 5.41) is 70.7. The quantitative estimate of drug-likeness (QED) is 0.192. The SMILES string of the molecule is C=Cc1ccc(/C=N/c2ccc(O[C@@H]3OC(CO)[C@@H](O[C@H]4OC(CO)[C@@H](O)C(O)C4O)C(O)C3O)cc2)cc1. The van der Waals surface area contributed by atoms with E-state index in [9.17, 15) is 35.7 Å². The molecule has 0 aliphatic carbocycles. The Morgan fingerprint density at radius 3 is 1.92 bits per heavy atom. The first-order chi connectivity index (χ1) is 18.7. The number of nitrogens with zero attached hydrogens (tertiary/aromatic N) is 1. The molecule has 2 heterocycles. The van der Waals surface area contributed by atoms with Crippen molar-refractivity contribution in [3.05, 3.63) is 66.2 Å². The summed E-state index contributed by atoms with van der Waals surface area (Å²) in [6.45, 7) is 2.39. The minimum absolute atomic E-state index is 0.297. The molecule has 39 heavy (non-hydrogen) atoms. The molecule has 2 saturated heterocycles. The average Bonchev–Trinajstić information content (AvgIpc) is 2.96. The Morgan fingerprint density at radius 1 is 0.718 bits per heavy atom. The van der Waals surface area contributed by atoms with Crippen molar-refractivity contribution in [2.45, 2.75) is 61.4 Å². The smallest absolute Gasteiger partial charge is 0.229 e. The van der Waals surface area contributed by atoms with Crippen LogP contribution in [0.3, 0.4) is 0 Å². The van der Waals surface area contributed by atoms with Crippen molar-refractivity contribution in [3.8, 4) is 5.75 Å². The van der Waals surface area contributed by atoms with Crippen LogP contribution in [-0.4, -0.2) is 117 Å². The first-order valence-corrected chi connectivity index (χ1v) is 12.4. The number of aliphatic imine (C=N–C) groups is 1. The van der Waals surface area contributed by atoms with Gasteiger partial charge in [0.05, 0.1) is 18.9 Å². The Labute approximate surface area is 224 Å². The van der Waals surface area contributed by atoms with Gasteiger partial charge in [-0.15, -0.1) is 0 Å². The van der Waals surface area contributed by atoms with E-state index in [1.54, 1.807) is 36.6 Å². The molecule has 12 heteroatoms. The molecule has 0 amide bonds. The minimum Gasteiger partial charge on any atom is -0.462 e. The number of hydrogen-bond acceptors (Lipinski definition) is 12. The molecular weight excluding hydrogens is 514 g/mol. The predicted molar refractivity (Wildman–Crippen MR) is 137 cm³/mol. The summed E-state index contributed by atoms with van der Waals surface area (Å²) in [5.41, 5.74) is 2.55. The maximum Gasteiger partial charge on any atom is 0.229 e. The van der Waals surface area contributed by atoms with E-state index in [0.717, 1.165) is 11.1 Å². The van der Waals surface area contributed by atoms with Crippen LogP contribution < -0.4 is 4.74 Å². The molecule has 0 saturated carbocycles. The van der Waals surface area contributed by atoms with Crippen molar-refractivity contribution < 1.29 is 54.7 Å². The molecule has 10 atom stereocenters. The molecule has 2 aliphatic rings. The molecule has 4 rings (SSSR count). The van der Waals surface area contributed by atoms with Gasteiger partial charge in [-0.25, -0.2) is 0 Å². The van der Waals surface area contributed by atoms with Crippen molar-refractivity contribution in [2.75, 3.05) is 13.2 Å². The third-order valence-corrected chi connectivity index (χ3v) is 6.58. The van der Waals surface area contributed by atoms with E-state index >= 15 is 0 Å². The zero-order chi connectivity index (χ0) is 28.1. The van der Waals surface area contributed by atoms with E-state index in [0.29, 0.717) is 11.4 Å². The van der Waals surface area contributed by atoms with E-state index < -0.39 is 74.6 Å². The first-order valence-electron chi connectivity index (χ1n) is 12.4. The Hall–Kier alpha value is -2.75. The highest BCUT2D eigenvalue weighted by Crippen LogP contribution is 2.30. The molecule has 2 aliphatic heterocycles. The Morgan fingerprint density at radius 2 is 1.31 bits per heavy atom. The van der Waals surface area contributed by atoms with Gasteiger partial charge in [0.1, 0.15) is 54.6 Å². The zero-order valence-electron chi connectivity index (χ0n) is 20.9. The monoisotopic (exact) mass is 547 g/mol. The van der Waals surface area contributed by atoms with Crippen molar-refractivity contribution in [3.63, 3.8) is 0 Å². The third-order valence-electron chi connectivity index (χ3n) is 6.58.